The van der Waals surface area contributed by atoms with Crippen LogP contribution in [0.15, 0.2) is 53.5 Å². The molecular formula is C20H20N2O4. The highest BCUT2D eigenvalue weighted by atomic mass is 16.5. The molecule has 1 aromatic carbocycles. The number of nitrogens with zero attached hydrogens (tertiary/aromatic N) is 2. The molecule has 0 fully saturated rings. The van der Waals surface area contributed by atoms with Gasteiger partial charge in [0.05, 0.1) is 17.9 Å². The SMILES string of the molecule is CCCOc1ccc(C(=O)OCc2cc(=O)n3cc(C)ccc3n2)cc1. The quantitative estimate of drug-likeness (QED) is 0.638. The number of carbonyl (C=O) groups is 1. The van der Waals surface area contributed by atoms with Crippen LogP contribution in [0.1, 0.15) is 35.0 Å². The summed E-state index contributed by atoms with van der Waals surface area (Å²) in [6, 6.07) is 11.8. The van der Waals surface area contributed by atoms with Gasteiger partial charge in [0.15, 0.2) is 0 Å². The van der Waals surface area contributed by atoms with Gasteiger partial charge in [-0.25, -0.2) is 9.78 Å². The second kappa shape index (κ2) is 7.82. The lowest BCUT2D eigenvalue weighted by Gasteiger charge is -2.08. The summed E-state index contributed by atoms with van der Waals surface area (Å²) in [6.45, 7) is 4.50. The molecule has 0 aliphatic heterocycles. The van der Waals surface area contributed by atoms with E-state index in [-0.39, 0.29) is 12.2 Å². The van der Waals surface area contributed by atoms with Crippen LogP contribution in [-0.4, -0.2) is 22.0 Å². The highest BCUT2D eigenvalue weighted by Gasteiger charge is 2.09. The van der Waals surface area contributed by atoms with Gasteiger partial charge in [0.2, 0.25) is 0 Å². The number of fused-ring (bicyclic) bond motifs is 1. The van der Waals surface area contributed by atoms with E-state index in [2.05, 4.69) is 4.98 Å². The maximum atomic E-state index is 12.2. The first-order valence-corrected chi connectivity index (χ1v) is 8.46. The van der Waals surface area contributed by atoms with Gasteiger partial charge in [-0.05, 0) is 49.2 Å². The van der Waals surface area contributed by atoms with Crippen molar-refractivity contribution in [3.05, 3.63) is 75.8 Å². The predicted octanol–water partition coefficient (Wildman–Crippen LogP) is 3.15. The first kappa shape index (κ1) is 17.7. The molecule has 0 atom stereocenters. The van der Waals surface area contributed by atoms with E-state index in [9.17, 15) is 9.59 Å². The summed E-state index contributed by atoms with van der Waals surface area (Å²) in [5, 5.41) is 0. The van der Waals surface area contributed by atoms with Crippen LogP contribution in [0.4, 0.5) is 0 Å². The summed E-state index contributed by atoms with van der Waals surface area (Å²) in [4.78, 5) is 28.7. The van der Waals surface area contributed by atoms with Crippen molar-refractivity contribution in [3.63, 3.8) is 0 Å². The molecule has 2 heterocycles. The highest BCUT2D eigenvalue weighted by Crippen LogP contribution is 2.14. The number of benzene rings is 1. The van der Waals surface area contributed by atoms with Crippen molar-refractivity contribution in [2.45, 2.75) is 26.9 Å². The molecule has 0 amide bonds. The lowest BCUT2D eigenvalue weighted by Crippen LogP contribution is -2.16. The van der Waals surface area contributed by atoms with Gasteiger partial charge in [-0.3, -0.25) is 9.20 Å². The van der Waals surface area contributed by atoms with Crippen LogP contribution in [0, 0.1) is 6.92 Å². The maximum absolute atomic E-state index is 12.2. The Kier molecular flexibility index (Phi) is 5.31. The van der Waals surface area contributed by atoms with E-state index in [1.54, 1.807) is 36.5 Å². The maximum Gasteiger partial charge on any atom is 0.338 e. The molecule has 134 valence electrons. The Balaban J connectivity index is 1.68. The lowest BCUT2D eigenvalue weighted by molar-refractivity contribution is 0.0467. The van der Waals surface area contributed by atoms with Gasteiger partial charge >= 0.3 is 5.97 Å². The minimum Gasteiger partial charge on any atom is -0.494 e. The van der Waals surface area contributed by atoms with Crippen molar-refractivity contribution < 1.29 is 14.3 Å². The minimum atomic E-state index is -0.474. The van der Waals surface area contributed by atoms with Gasteiger partial charge < -0.3 is 9.47 Å². The number of aromatic nitrogens is 2. The fourth-order valence-corrected chi connectivity index (χ4v) is 2.46. The number of ether oxygens (including phenoxy) is 2. The molecule has 26 heavy (non-hydrogen) atoms. The molecule has 6 heteroatoms. The van der Waals surface area contributed by atoms with Crippen molar-refractivity contribution in [2.75, 3.05) is 6.61 Å². The topological polar surface area (TPSA) is 69.9 Å². The smallest absolute Gasteiger partial charge is 0.338 e. The Labute approximate surface area is 151 Å². The molecule has 6 nitrogen and oxygen atoms in total. The number of esters is 1. The fourth-order valence-electron chi connectivity index (χ4n) is 2.46. The molecule has 2 aromatic heterocycles. The van der Waals surface area contributed by atoms with Crippen LogP contribution < -0.4 is 10.3 Å². The number of rotatable bonds is 6. The van der Waals surface area contributed by atoms with Crippen molar-refractivity contribution in [2.24, 2.45) is 0 Å². The molecule has 0 saturated carbocycles. The van der Waals surface area contributed by atoms with Crippen LogP contribution in [-0.2, 0) is 11.3 Å². The molecule has 0 N–H and O–H groups in total. The van der Waals surface area contributed by atoms with E-state index < -0.39 is 5.97 Å². The van der Waals surface area contributed by atoms with Gasteiger partial charge in [-0.1, -0.05) is 13.0 Å². The number of hydrogen-bond donors (Lipinski definition) is 0. The highest BCUT2D eigenvalue weighted by molar-refractivity contribution is 5.89. The van der Waals surface area contributed by atoms with Gasteiger partial charge in [0.25, 0.3) is 5.56 Å². The van der Waals surface area contributed by atoms with Crippen LogP contribution in [0.5, 0.6) is 5.75 Å². The average molecular weight is 352 g/mol. The molecule has 0 bridgehead atoms. The Hall–Kier alpha value is -3.15. The van der Waals surface area contributed by atoms with E-state index in [0.29, 0.717) is 29.3 Å². The number of carbonyl (C=O) groups excluding carboxylic acids is 1. The van der Waals surface area contributed by atoms with Crippen molar-refractivity contribution in [1.29, 1.82) is 0 Å². The summed E-state index contributed by atoms with van der Waals surface area (Å²) < 4.78 is 12.2. The number of aryl methyl sites for hydroxylation is 1. The normalized spacial score (nSPS) is 10.7. The largest absolute Gasteiger partial charge is 0.494 e. The molecule has 3 aromatic rings. The zero-order valence-electron chi connectivity index (χ0n) is 14.8. The number of hydrogen-bond acceptors (Lipinski definition) is 5. The van der Waals surface area contributed by atoms with E-state index in [0.717, 1.165) is 12.0 Å². The summed E-state index contributed by atoms with van der Waals surface area (Å²) in [5.74, 6) is 0.237. The summed E-state index contributed by atoms with van der Waals surface area (Å²) in [6.07, 6.45) is 2.64. The fraction of sp³-hybridized carbons (Fsp3) is 0.250. The monoisotopic (exact) mass is 352 g/mol. The Morgan fingerprint density at radius 3 is 2.65 bits per heavy atom. The molecule has 0 aliphatic carbocycles. The summed E-state index contributed by atoms with van der Waals surface area (Å²) in [7, 11) is 0. The third-order valence-electron chi connectivity index (χ3n) is 3.77. The first-order valence-electron chi connectivity index (χ1n) is 8.46. The Bertz CT molecular complexity index is 977. The Morgan fingerprint density at radius 2 is 1.92 bits per heavy atom. The van der Waals surface area contributed by atoms with E-state index in [1.807, 2.05) is 19.9 Å². The van der Waals surface area contributed by atoms with Gasteiger partial charge in [0, 0.05) is 12.3 Å². The summed E-state index contributed by atoms with van der Waals surface area (Å²) in [5.41, 5.74) is 2.11. The molecule has 0 saturated heterocycles. The van der Waals surface area contributed by atoms with Crippen molar-refractivity contribution in [1.82, 2.24) is 9.38 Å². The number of pyridine rings is 1. The second-order valence-corrected chi connectivity index (χ2v) is 5.97. The first-order chi connectivity index (χ1) is 12.6. The minimum absolute atomic E-state index is 0.0630. The van der Waals surface area contributed by atoms with E-state index in [1.165, 1.54) is 10.5 Å². The third kappa shape index (κ3) is 4.08. The van der Waals surface area contributed by atoms with Gasteiger partial charge in [-0.15, -0.1) is 0 Å². The van der Waals surface area contributed by atoms with E-state index >= 15 is 0 Å². The third-order valence-corrected chi connectivity index (χ3v) is 3.77. The summed E-state index contributed by atoms with van der Waals surface area (Å²) >= 11 is 0. The lowest BCUT2D eigenvalue weighted by atomic mass is 10.2. The molecule has 0 unspecified atom stereocenters. The average Bonchev–Trinajstić information content (AvgIpc) is 2.65. The van der Waals surface area contributed by atoms with Crippen molar-refractivity contribution >= 4 is 11.6 Å². The molecule has 0 radical (unpaired) electrons. The second-order valence-electron chi connectivity index (χ2n) is 5.97. The van der Waals surface area contributed by atoms with Crippen molar-refractivity contribution in [3.8, 4) is 5.75 Å². The molecule has 0 aliphatic rings. The molecule has 3 rings (SSSR count). The zero-order valence-corrected chi connectivity index (χ0v) is 14.8. The van der Waals surface area contributed by atoms with Crippen LogP contribution in [0.25, 0.3) is 5.65 Å². The van der Waals surface area contributed by atoms with Gasteiger partial charge in [0.1, 0.15) is 18.0 Å². The van der Waals surface area contributed by atoms with Gasteiger partial charge in [-0.2, -0.15) is 0 Å². The van der Waals surface area contributed by atoms with Crippen LogP contribution in [0.2, 0.25) is 0 Å². The van der Waals surface area contributed by atoms with Crippen LogP contribution >= 0.6 is 0 Å². The molecule has 0 spiro atoms. The van der Waals surface area contributed by atoms with E-state index in [4.69, 9.17) is 9.47 Å². The Morgan fingerprint density at radius 1 is 1.15 bits per heavy atom. The predicted molar refractivity (Wildman–Crippen MR) is 97.5 cm³/mol. The molecular weight excluding hydrogens is 332 g/mol. The zero-order chi connectivity index (χ0) is 18.5. The van der Waals surface area contributed by atoms with Crippen LogP contribution in [0.3, 0.4) is 0 Å². The standard InChI is InChI=1S/C20H20N2O4/c1-3-10-25-17-7-5-15(6-8-17)20(24)26-13-16-11-19(23)22-12-14(2)4-9-18(22)21-16/h4-9,11-12H,3,10,13H2,1-2H3.